The molecule has 6 nitrogen and oxygen atoms in total. The number of amides is 1. The van der Waals surface area contributed by atoms with Gasteiger partial charge in [0.15, 0.2) is 0 Å². The summed E-state index contributed by atoms with van der Waals surface area (Å²) in [5.41, 5.74) is 3.01. The van der Waals surface area contributed by atoms with Crippen LogP contribution in [0.2, 0.25) is 0 Å². The molecule has 1 aliphatic rings. The van der Waals surface area contributed by atoms with Crippen molar-refractivity contribution in [3.63, 3.8) is 0 Å². The highest BCUT2D eigenvalue weighted by Gasteiger charge is 2.22. The Labute approximate surface area is 147 Å². The first-order chi connectivity index (χ1) is 12.2. The van der Waals surface area contributed by atoms with Crippen molar-refractivity contribution in [2.24, 2.45) is 7.05 Å². The smallest absolute Gasteiger partial charge is 0.256 e. The maximum atomic E-state index is 13.0. The van der Waals surface area contributed by atoms with Crippen molar-refractivity contribution in [1.29, 1.82) is 0 Å². The third-order valence-electron chi connectivity index (χ3n) is 4.86. The van der Waals surface area contributed by atoms with E-state index in [0.29, 0.717) is 0 Å². The van der Waals surface area contributed by atoms with Crippen LogP contribution in [0.25, 0.3) is 10.9 Å². The van der Waals surface area contributed by atoms with E-state index < -0.39 is 0 Å². The molecule has 0 bridgehead atoms. The summed E-state index contributed by atoms with van der Waals surface area (Å²) in [5.74, 6) is 0.126. The SMILES string of the molecule is Cn1cc(CN2CCCN(C(=O)c3c[nH]c4ccccc34)CC2)cn1. The van der Waals surface area contributed by atoms with Gasteiger partial charge in [-0.2, -0.15) is 5.10 Å². The highest BCUT2D eigenvalue weighted by atomic mass is 16.2. The van der Waals surface area contributed by atoms with Gasteiger partial charge in [-0.1, -0.05) is 18.2 Å². The number of H-pyrrole nitrogens is 1. The number of nitrogens with one attached hydrogen (secondary N) is 1. The second-order valence-electron chi connectivity index (χ2n) is 6.69. The van der Waals surface area contributed by atoms with Crippen molar-refractivity contribution in [2.45, 2.75) is 13.0 Å². The molecular formula is C19H23N5O. The van der Waals surface area contributed by atoms with Gasteiger partial charge in [0.2, 0.25) is 0 Å². The molecule has 1 aromatic carbocycles. The summed E-state index contributed by atoms with van der Waals surface area (Å²) in [4.78, 5) is 20.6. The largest absolute Gasteiger partial charge is 0.360 e. The highest BCUT2D eigenvalue weighted by Crippen LogP contribution is 2.20. The van der Waals surface area contributed by atoms with Crippen LogP contribution < -0.4 is 0 Å². The lowest BCUT2D eigenvalue weighted by Crippen LogP contribution is -2.35. The van der Waals surface area contributed by atoms with Gasteiger partial charge in [-0.3, -0.25) is 14.4 Å². The second kappa shape index (κ2) is 6.72. The maximum absolute atomic E-state index is 13.0. The van der Waals surface area contributed by atoms with Gasteiger partial charge >= 0.3 is 0 Å². The van der Waals surface area contributed by atoms with Crippen LogP contribution in [0.1, 0.15) is 22.3 Å². The Morgan fingerprint density at radius 3 is 2.92 bits per heavy atom. The number of carbonyl (C=O) groups is 1. The van der Waals surface area contributed by atoms with Crippen LogP contribution in [0.3, 0.4) is 0 Å². The van der Waals surface area contributed by atoms with Crippen molar-refractivity contribution in [3.8, 4) is 0 Å². The zero-order valence-electron chi connectivity index (χ0n) is 14.5. The van der Waals surface area contributed by atoms with Crippen LogP contribution in [0.15, 0.2) is 42.9 Å². The van der Waals surface area contributed by atoms with Crippen molar-refractivity contribution in [3.05, 3.63) is 54.0 Å². The monoisotopic (exact) mass is 337 g/mol. The summed E-state index contributed by atoms with van der Waals surface area (Å²) < 4.78 is 1.83. The molecule has 1 aliphatic heterocycles. The minimum absolute atomic E-state index is 0.126. The standard InChI is InChI=1S/C19H23N5O/c1-22-13-15(11-21-22)14-23-7-4-8-24(10-9-23)19(25)17-12-20-18-6-3-2-5-16(17)18/h2-3,5-6,11-13,20H,4,7-10,14H2,1H3. The van der Waals surface area contributed by atoms with E-state index in [2.05, 4.69) is 21.2 Å². The number of aromatic amines is 1. The topological polar surface area (TPSA) is 57.2 Å². The first kappa shape index (κ1) is 15.9. The quantitative estimate of drug-likeness (QED) is 0.797. The lowest BCUT2D eigenvalue weighted by atomic mass is 10.1. The van der Waals surface area contributed by atoms with Gasteiger partial charge in [0.25, 0.3) is 5.91 Å². The Bertz CT molecular complexity index is 881. The highest BCUT2D eigenvalue weighted by molar-refractivity contribution is 6.06. The number of aromatic nitrogens is 3. The fourth-order valence-electron chi connectivity index (χ4n) is 3.56. The minimum atomic E-state index is 0.126. The molecule has 1 N–H and O–H groups in total. The van der Waals surface area contributed by atoms with E-state index in [1.807, 2.05) is 53.3 Å². The maximum Gasteiger partial charge on any atom is 0.256 e. The number of fused-ring (bicyclic) bond motifs is 1. The van der Waals surface area contributed by atoms with Crippen LogP contribution in [-0.2, 0) is 13.6 Å². The molecule has 3 heterocycles. The number of hydrogen-bond donors (Lipinski definition) is 1. The molecule has 2 aromatic heterocycles. The molecule has 0 spiro atoms. The van der Waals surface area contributed by atoms with Crippen molar-refractivity contribution < 1.29 is 4.79 Å². The van der Waals surface area contributed by atoms with E-state index in [0.717, 1.165) is 55.6 Å². The van der Waals surface area contributed by atoms with Gasteiger partial charge < -0.3 is 9.88 Å². The number of rotatable bonds is 3. The third-order valence-corrected chi connectivity index (χ3v) is 4.86. The second-order valence-corrected chi connectivity index (χ2v) is 6.69. The van der Waals surface area contributed by atoms with Gasteiger partial charge in [-0.05, 0) is 12.5 Å². The molecule has 1 saturated heterocycles. The minimum Gasteiger partial charge on any atom is -0.360 e. The molecule has 1 fully saturated rings. The Morgan fingerprint density at radius 1 is 1.20 bits per heavy atom. The average Bonchev–Trinajstić information content (AvgIpc) is 3.15. The zero-order valence-corrected chi connectivity index (χ0v) is 14.5. The summed E-state index contributed by atoms with van der Waals surface area (Å²) in [6.07, 6.45) is 6.80. The van der Waals surface area contributed by atoms with Gasteiger partial charge in [0.1, 0.15) is 0 Å². The van der Waals surface area contributed by atoms with Gasteiger partial charge in [0.05, 0.1) is 11.8 Å². The number of benzene rings is 1. The van der Waals surface area contributed by atoms with E-state index in [9.17, 15) is 4.79 Å². The molecule has 0 saturated carbocycles. The van der Waals surface area contributed by atoms with E-state index in [1.54, 1.807) is 0 Å². The molecule has 0 radical (unpaired) electrons. The van der Waals surface area contributed by atoms with Crippen molar-refractivity contribution in [2.75, 3.05) is 26.2 Å². The fourth-order valence-corrected chi connectivity index (χ4v) is 3.56. The Kier molecular flexibility index (Phi) is 4.28. The number of nitrogens with zero attached hydrogens (tertiary/aromatic N) is 4. The first-order valence-corrected chi connectivity index (χ1v) is 8.76. The molecule has 0 unspecified atom stereocenters. The van der Waals surface area contributed by atoms with Crippen molar-refractivity contribution in [1.82, 2.24) is 24.6 Å². The fraction of sp³-hybridized carbons (Fsp3) is 0.368. The van der Waals surface area contributed by atoms with E-state index in [1.165, 1.54) is 5.56 Å². The molecule has 1 amide bonds. The molecule has 25 heavy (non-hydrogen) atoms. The predicted molar refractivity (Wildman–Crippen MR) is 97.3 cm³/mol. The molecule has 4 rings (SSSR count). The molecule has 0 atom stereocenters. The van der Waals surface area contributed by atoms with E-state index in [4.69, 9.17) is 0 Å². The van der Waals surface area contributed by atoms with Gasteiger partial charge in [-0.25, -0.2) is 0 Å². The Balaban J connectivity index is 1.44. The molecule has 0 aliphatic carbocycles. The number of hydrogen-bond acceptors (Lipinski definition) is 3. The average molecular weight is 337 g/mol. The number of carbonyl (C=O) groups excluding carboxylic acids is 1. The van der Waals surface area contributed by atoms with Crippen LogP contribution >= 0.6 is 0 Å². The molecular weight excluding hydrogens is 314 g/mol. The van der Waals surface area contributed by atoms with Crippen LogP contribution in [-0.4, -0.2) is 56.7 Å². The summed E-state index contributed by atoms with van der Waals surface area (Å²) in [7, 11) is 1.94. The summed E-state index contributed by atoms with van der Waals surface area (Å²) in [6, 6.07) is 7.97. The molecule has 6 heteroatoms. The normalized spacial score (nSPS) is 16.3. The Morgan fingerprint density at radius 2 is 2.08 bits per heavy atom. The summed E-state index contributed by atoms with van der Waals surface area (Å²) in [5, 5.41) is 5.24. The third kappa shape index (κ3) is 3.30. The lowest BCUT2D eigenvalue weighted by Gasteiger charge is -2.21. The zero-order chi connectivity index (χ0) is 17.2. The van der Waals surface area contributed by atoms with Crippen LogP contribution in [0, 0.1) is 0 Å². The van der Waals surface area contributed by atoms with Crippen LogP contribution in [0.4, 0.5) is 0 Å². The molecule has 130 valence electrons. The predicted octanol–water partition coefficient (Wildman–Crippen LogP) is 2.25. The summed E-state index contributed by atoms with van der Waals surface area (Å²) >= 11 is 0. The lowest BCUT2D eigenvalue weighted by molar-refractivity contribution is 0.0763. The number of aryl methyl sites for hydroxylation is 1. The van der Waals surface area contributed by atoms with E-state index >= 15 is 0 Å². The summed E-state index contributed by atoms with van der Waals surface area (Å²) in [6.45, 7) is 4.36. The van der Waals surface area contributed by atoms with Gasteiger partial charge in [0, 0.05) is 68.6 Å². The van der Waals surface area contributed by atoms with Crippen LogP contribution in [0.5, 0.6) is 0 Å². The Hall–Kier alpha value is -2.60. The van der Waals surface area contributed by atoms with E-state index in [-0.39, 0.29) is 5.91 Å². The first-order valence-electron chi connectivity index (χ1n) is 8.76. The number of para-hydroxylation sites is 1. The van der Waals surface area contributed by atoms with Gasteiger partial charge in [-0.15, -0.1) is 0 Å². The molecule has 3 aromatic rings. The van der Waals surface area contributed by atoms with Crippen molar-refractivity contribution >= 4 is 16.8 Å².